The van der Waals surface area contributed by atoms with Crippen molar-refractivity contribution in [3.63, 3.8) is 0 Å². The molecule has 1 aromatic rings. The summed E-state index contributed by atoms with van der Waals surface area (Å²) in [5.41, 5.74) is 1.02. The van der Waals surface area contributed by atoms with Crippen LogP contribution in [0, 0.1) is 0 Å². The van der Waals surface area contributed by atoms with Crippen LogP contribution in [0.4, 0.5) is 0 Å². The molecule has 0 bridgehead atoms. The van der Waals surface area contributed by atoms with Gasteiger partial charge in [-0.15, -0.1) is 0 Å². The fourth-order valence-corrected chi connectivity index (χ4v) is 1.78. The average Bonchev–Trinajstić information content (AvgIpc) is 2.52. The Kier molecular flexibility index (Phi) is 7.56. The number of carbonyl (C=O) groups excluding carboxylic acids is 1. The Balaban J connectivity index is 2.49. The molecule has 118 valence electrons. The number of nitrogens with one attached hydrogen (secondary N) is 2. The summed E-state index contributed by atoms with van der Waals surface area (Å²) in [5, 5.41) is 5.95. The van der Waals surface area contributed by atoms with Crippen molar-refractivity contribution in [2.75, 3.05) is 34.5 Å². The van der Waals surface area contributed by atoms with E-state index in [0.29, 0.717) is 31.2 Å². The Labute approximate surface area is 125 Å². The molecule has 0 aliphatic rings. The summed E-state index contributed by atoms with van der Waals surface area (Å²) in [5.74, 6) is 1.31. The first-order chi connectivity index (χ1) is 10.1. The molecule has 1 unspecified atom stereocenters. The predicted octanol–water partition coefficient (Wildman–Crippen LogP) is 0.945. The van der Waals surface area contributed by atoms with Gasteiger partial charge in [0.1, 0.15) is 0 Å². The summed E-state index contributed by atoms with van der Waals surface area (Å²) in [6.07, 6.45) is 0. The number of ether oxygens (including phenoxy) is 3. The van der Waals surface area contributed by atoms with Gasteiger partial charge in [0.2, 0.25) is 5.91 Å². The molecule has 0 aliphatic carbocycles. The minimum atomic E-state index is -0.282. The third-order valence-corrected chi connectivity index (χ3v) is 3.06. The van der Waals surface area contributed by atoms with Gasteiger partial charge in [-0.3, -0.25) is 4.79 Å². The van der Waals surface area contributed by atoms with Crippen LogP contribution in [0.5, 0.6) is 11.5 Å². The van der Waals surface area contributed by atoms with Gasteiger partial charge >= 0.3 is 0 Å². The number of rotatable bonds is 9. The fourth-order valence-electron chi connectivity index (χ4n) is 1.78. The van der Waals surface area contributed by atoms with Crippen LogP contribution in [0.15, 0.2) is 18.2 Å². The average molecular weight is 296 g/mol. The smallest absolute Gasteiger partial charge is 0.236 e. The summed E-state index contributed by atoms with van der Waals surface area (Å²) < 4.78 is 15.3. The topological polar surface area (TPSA) is 68.8 Å². The first kappa shape index (κ1) is 17.3. The molecule has 0 saturated carbocycles. The molecule has 1 rings (SSSR count). The molecule has 6 heteroatoms. The maximum Gasteiger partial charge on any atom is 0.236 e. The Bertz CT molecular complexity index is 451. The van der Waals surface area contributed by atoms with E-state index in [1.54, 1.807) is 21.3 Å². The zero-order valence-corrected chi connectivity index (χ0v) is 13.1. The van der Waals surface area contributed by atoms with Gasteiger partial charge in [0.05, 0.1) is 26.9 Å². The van der Waals surface area contributed by atoms with Gasteiger partial charge in [0.25, 0.3) is 0 Å². The van der Waals surface area contributed by atoms with Crippen molar-refractivity contribution < 1.29 is 19.0 Å². The molecular weight excluding hydrogens is 272 g/mol. The number of hydrogen-bond acceptors (Lipinski definition) is 5. The molecule has 0 spiro atoms. The van der Waals surface area contributed by atoms with Crippen LogP contribution < -0.4 is 20.1 Å². The molecule has 2 N–H and O–H groups in total. The first-order valence-corrected chi connectivity index (χ1v) is 6.83. The maximum absolute atomic E-state index is 11.8. The van der Waals surface area contributed by atoms with Crippen LogP contribution >= 0.6 is 0 Å². The van der Waals surface area contributed by atoms with Gasteiger partial charge in [0, 0.05) is 20.2 Å². The normalized spacial score (nSPS) is 11.8. The second-order valence-corrected chi connectivity index (χ2v) is 4.58. The Morgan fingerprint density at radius 3 is 2.52 bits per heavy atom. The lowest BCUT2D eigenvalue weighted by atomic mass is 10.2. The third-order valence-electron chi connectivity index (χ3n) is 3.06. The molecule has 1 amide bonds. The van der Waals surface area contributed by atoms with E-state index in [1.165, 1.54) is 0 Å². The zero-order chi connectivity index (χ0) is 15.7. The van der Waals surface area contributed by atoms with E-state index in [0.717, 1.165) is 5.56 Å². The van der Waals surface area contributed by atoms with Crippen LogP contribution in [0.2, 0.25) is 0 Å². The Morgan fingerprint density at radius 2 is 1.90 bits per heavy atom. The zero-order valence-electron chi connectivity index (χ0n) is 13.1. The summed E-state index contributed by atoms with van der Waals surface area (Å²) in [4.78, 5) is 11.8. The number of amides is 1. The van der Waals surface area contributed by atoms with E-state index in [1.807, 2.05) is 25.1 Å². The second kappa shape index (κ2) is 9.20. The quantitative estimate of drug-likeness (QED) is 0.664. The van der Waals surface area contributed by atoms with Gasteiger partial charge < -0.3 is 24.8 Å². The van der Waals surface area contributed by atoms with Crippen LogP contribution in [-0.4, -0.2) is 46.4 Å². The van der Waals surface area contributed by atoms with Crippen molar-refractivity contribution in [3.05, 3.63) is 23.8 Å². The minimum absolute atomic E-state index is 0.0486. The lowest BCUT2D eigenvalue weighted by Gasteiger charge is -2.15. The highest BCUT2D eigenvalue weighted by atomic mass is 16.5. The molecule has 0 aliphatic heterocycles. The molecule has 1 aromatic carbocycles. The van der Waals surface area contributed by atoms with E-state index in [9.17, 15) is 4.79 Å². The highest BCUT2D eigenvalue weighted by Gasteiger charge is 2.12. The van der Waals surface area contributed by atoms with Gasteiger partial charge in [-0.05, 0) is 24.6 Å². The Hall–Kier alpha value is -1.79. The van der Waals surface area contributed by atoms with E-state index in [2.05, 4.69) is 10.6 Å². The van der Waals surface area contributed by atoms with E-state index in [4.69, 9.17) is 14.2 Å². The Morgan fingerprint density at radius 1 is 1.19 bits per heavy atom. The molecule has 0 aromatic heterocycles. The number of benzene rings is 1. The van der Waals surface area contributed by atoms with Gasteiger partial charge in [-0.25, -0.2) is 0 Å². The predicted molar refractivity (Wildman–Crippen MR) is 80.7 cm³/mol. The molecule has 1 atom stereocenters. The van der Waals surface area contributed by atoms with Gasteiger partial charge in [-0.2, -0.15) is 0 Å². The molecular formula is C15H24N2O4. The summed E-state index contributed by atoms with van der Waals surface area (Å²) in [6, 6.07) is 5.39. The summed E-state index contributed by atoms with van der Waals surface area (Å²) >= 11 is 0. The lowest BCUT2D eigenvalue weighted by Crippen LogP contribution is -2.42. The highest BCUT2D eigenvalue weighted by Crippen LogP contribution is 2.27. The second-order valence-electron chi connectivity index (χ2n) is 4.58. The van der Waals surface area contributed by atoms with Crippen molar-refractivity contribution in [1.29, 1.82) is 0 Å². The standard InChI is InChI=1S/C15H24N2O4/c1-11(15(18)16-7-8-19-2)17-10-12-5-6-13(20-3)14(9-12)21-4/h5-6,9,11,17H,7-8,10H2,1-4H3,(H,16,18). The SMILES string of the molecule is COCCNC(=O)C(C)NCc1ccc(OC)c(OC)c1. The largest absolute Gasteiger partial charge is 0.493 e. The lowest BCUT2D eigenvalue weighted by molar-refractivity contribution is -0.122. The van der Waals surface area contributed by atoms with Crippen molar-refractivity contribution in [2.24, 2.45) is 0 Å². The van der Waals surface area contributed by atoms with Gasteiger partial charge in [0.15, 0.2) is 11.5 Å². The molecule has 0 fully saturated rings. The van der Waals surface area contributed by atoms with Crippen molar-refractivity contribution in [1.82, 2.24) is 10.6 Å². The molecule has 0 radical (unpaired) electrons. The molecule has 21 heavy (non-hydrogen) atoms. The van der Waals surface area contributed by atoms with Crippen LogP contribution in [0.3, 0.4) is 0 Å². The van der Waals surface area contributed by atoms with E-state index < -0.39 is 0 Å². The summed E-state index contributed by atoms with van der Waals surface area (Å²) in [6.45, 7) is 3.41. The molecule has 0 saturated heterocycles. The number of methoxy groups -OCH3 is 3. The van der Waals surface area contributed by atoms with Crippen molar-refractivity contribution in [3.8, 4) is 11.5 Å². The monoisotopic (exact) mass is 296 g/mol. The molecule has 0 heterocycles. The van der Waals surface area contributed by atoms with Crippen LogP contribution in [0.1, 0.15) is 12.5 Å². The highest BCUT2D eigenvalue weighted by molar-refractivity contribution is 5.81. The van der Waals surface area contributed by atoms with Crippen molar-refractivity contribution >= 4 is 5.91 Å². The van der Waals surface area contributed by atoms with Crippen LogP contribution in [0.25, 0.3) is 0 Å². The van der Waals surface area contributed by atoms with E-state index in [-0.39, 0.29) is 11.9 Å². The minimum Gasteiger partial charge on any atom is -0.493 e. The summed E-state index contributed by atoms with van der Waals surface area (Å²) in [7, 11) is 4.80. The number of carbonyl (C=O) groups is 1. The third kappa shape index (κ3) is 5.61. The molecule has 6 nitrogen and oxygen atoms in total. The number of hydrogen-bond donors (Lipinski definition) is 2. The maximum atomic E-state index is 11.8. The fraction of sp³-hybridized carbons (Fsp3) is 0.533. The van der Waals surface area contributed by atoms with E-state index >= 15 is 0 Å². The van der Waals surface area contributed by atoms with Gasteiger partial charge in [-0.1, -0.05) is 6.07 Å². The first-order valence-electron chi connectivity index (χ1n) is 6.83. The van der Waals surface area contributed by atoms with Crippen LogP contribution in [-0.2, 0) is 16.1 Å². The van der Waals surface area contributed by atoms with Crippen molar-refractivity contribution in [2.45, 2.75) is 19.5 Å².